The maximum Gasteiger partial charge on any atom is 0.387 e. The lowest BCUT2D eigenvalue weighted by atomic mass is 10.1. The van der Waals surface area contributed by atoms with Gasteiger partial charge in [-0.3, -0.25) is 19.8 Å². The fraction of sp³-hybridized carbons (Fsp3) is 0.600. The first kappa shape index (κ1) is 21.0. The summed E-state index contributed by atoms with van der Waals surface area (Å²) in [4.78, 5) is 29.1. The van der Waals surface area contributed by atoms with Gasteiger partial charge in [0.2, 0.25) is 11.8 Å². The van der Waals surface area contributed by atoms with E-state index in [0.29, 0.717) is 37.3 Å². The Labute approximate surface area is 173 Å². The van der Waals surface area contributed by atoms with Crippen LogP contribution in [0.2, 0.25) is 0 Å². The minimum atomic E-state index is -2.92. The summed E-state index contributed by atoms with van der Waals surface area (Å²) in [6.45, 7) is 1.65. The van der Waals surface area contributed by atoms with Gasteiger partial charge in [0, 0.05) is 24.7 Å². The van der Waals surface area contributed by atoms with Gasteiger partial charge in [0.15, 0.2) is 0 Å². The molecule has 1 aromatic rings. The van der Waals surface area contributed by atoms with Crippen LogP contribution in [-0.4, -0.2) is 68.0 Å². The minimum Gasteiger partial charge on any atom is -0.434 e. The van der Waals surface area contributed by atoms with E-state index < -0.39 is 12.8 Å². The van der Waals surface area contributed by atoms with E-state index in [1.165, 1.54) is 6.07 Å². The van der Waals surface area contributed by atoms with Gasteiger partial charge in [-0.15, -0.1) is 0 Å². The van der Waals surface area contributed by atoms with E-state index in [4.69, 9.17) is 4.74 Å². The van der Waals surface area contributed by atoms with Crippen LogP contribution < -0.4 is 20.3 Å². The number of carbonyl (C=O) groups excluding carboxylic acids is 2. The summed E-state index contributed by atoms with van der Waals surface area (Å²) < 4.78 is 35.4. The minimum absolute atomic E-state index is 0.0658. The number of morpholine rings is 1. The smallest absolute Gasteiger partial charge is 0.387 e. The van der Waals surface area contributed by atoms with Crippen molar-refractivity contribution in [1.82, 2.24) is 15.5 Å². The van der Waals surface area contributed by atoms with Gasteiger partial charge in [-0.1, -0.05) is 6.07 Å². The van der Waals surface area contributed by atoms with Crippen LogP contribution >= 0.6 is 0 Å². The van der Waals surface area contributed by atoms with Crippen molar-refractivity contribution in [3.8, 4) is 5.75 Å². The molecule has 2 amide bonds. The first-order chi connectivity index (χ1) is 14.4. The standard InChI is InChI=1S/C20H26F2N4O4/c1-12-9-13-14(3-2-4-15(13)30-20(21)22)26(12)19(28)10-16-23-17(11-18(27)24-16)25-5-7-29-8-6-25/h2-4,12,16-17,20,23H,5-11H2,1H3,(H,24,27). The molecule has 30 heavy (non-hydrogen) atoms. The van der Waals surface area contributed by atoms with Crippen molar-refractivity contribution >= 4 is 17.5 Å². The second-order valence-electron chi connectivity index (χ2n) is 7.81. The Morgan fingerprint density at radius 1 is 1.30 bits per heavy atom. The Balaban J connectivity index is 1.46. The number of alkyl halides is 2. The average molecular weight is 424 g/mol. The molecule has 0 aromatic heterocycles. The zero-order valence-corrected chi connectivity index (χ0v) is 16.8. The maximum atomic E-state index is 13.1. The highest BCUT2D eigenvalue weighted by Crippen LogP contribution is 2.39. The Morgan fingerprint density at radius 3 is 2.80 bits per heavy atom. The highest BCUT2D eigenvalue weighted by molar-refractivity contribution is 5.97. The number of rotatable bonds is 5. The zero-order valence-electron chi connectivity index (χ0n) is 16.8. The Morgan fingerprint density at radius 2 is 2.07 bits per heavy atom. The number of nitrogens with zero attached hydrogens (tertiary/aromatic N) is 2. The summed E-state index contributed by atoms with van der Waals surface area (Å²) in [5, 5.41) is 6.19. The number of amides is 2. The van der Waals surface area contributed by atoms with Crippen LogP contribution in [-0.2, 0) is 20.7 Å². The number of benzene rings is 1. The summed E-state index contributed by atoms with van der Waals surface area (Å²) in [7, 11) is 0. The van der Waals surface area contributed by atoms with Gasteiger partial charge >= 0.3 is 6.61 Å². The van der Waals surface area contributed by atoms with Gasteiger partial charge < -0.3 is 19.7 Å². The molecule has 3 aliphatic heterocycles. The van der Waals surface area contributed by atoms with Crippen molar-refractivity contribution in [2.45, 2.75) is 51.2 Å². The second kappa shape index (κ2) is 8.83. The number of carbonyl (C=O) groups is 2. The molecule has 8 nitrogen and oxygen atoms in total. The summed E-state index contributed by atoms with van der Waals surface area (Å²) in [6, 6.07) is 4.63. The molecule has 1 aromatic carbocycles. The molecular weight excluding hydrogens is 398 g/mol. The molecule has 0 spiro atoms. The summed E-state index contributed by atoms with van der Waals surface area (Å²) >= 11 is 0. The maximum absolute atomic E-state index is 13.1. The van der Waals surface area contributed by atoms with Crippen LogP contribution in [0.5, 0.6) is 5.75 Å². The molecule has 3 atom stereocenters. The zero-order chi connectivity index (χ0) is 21.3. The van der Waals surface area contributed by atoms with Crippen molar-refractivity contribution in [1.29, 1.82) is 0 Å². The van der Waals surface area contributed by atoms with E-state index in [-0.39, 0.29) is 36.2 Å². The molecule has 3 aliphatic rings. The molecule has 3 unspecified atom stereocenters. The van der Waals surface area contributed by atoms with Crippen molar-refractivity contribution in [2.75, 3.05) is 31.2 Å². The SMILES string of the molecule is CC1Cc2c(OC(F)F)cccc2N1C(=O)CC1NC(=O)CC(N2CCOCC2)N1. The normalized spacial score (nSPS) is 27.1. The first-order valence-corrected chi connectivity index (χ1v) is 10.2. The van der Waals surface area contributed by atoms with Crippen molar-refractivity contribution in [3.63, 3.8) is 0 Å². The third kappa shape index (κ3) is 4.40. The van der Waals surface area contributed by atoms with Crippen LogP contribution in [0.25, 0.3) is 0 Å². The monoisotopic (exact) mass is 424 g/mol. The molecule has 2 N–H and O–H groups in total. The Kier molecular flexibility index (Phi) is 6.16. The van der Waals surface area contributed by atoms with E-state index in [1.54, 1.807) is 17.0 Å². The van der Waals surface area contributed by atoms with Crippen LogP contribution in [0.1, 0.15) is 25.3 Å². The summed E-state index contributed by atoms with van der Waals surface area (Å²) in [6.07, 6.45) is 0.182. The van der Waals surface area contributed by atoms with E-state index in [1.807, 2.05) is 6.92 Å². The van der Waals surface area contributed by atoms with Crippen molar-refractivity contribution in [2.24, 2.45) is 0 Å². The molecule has 0 aliphatic carbocycles. The molecule has 164 valence electrons. The molecule has 2 saturated heterocycles. The third-order valence-corrected chi connectivity index (χ3v) is 5.77. The summed E-state index contributed by atoms with van der Waals surface area (Å²) in [5.74, 6) is -0.192. The predicted molar refractivity (Wildman–Crippen MR) is 104 cm³/mol. The van der Waals surface area contributed by atoms with E-state index in [9.17, 15) is 18.4 Å². The fourth-order valence-electron chi connectivity index (χ4n) is 4.46. The number of hydrogen-bond donors (Lipinski definition) is 2. The summed E-state index contributed by atoms with van der Waals surface area (Å²) in [5.41, 5.74) is 1.18. The number of ether oxygens (including phenoxy) is 2. The molecular formula is C20H26F2N4O4. The largest absolute Gasteiger partial charge is 0.434 e. The number of halogens is 2. The van der Waals surface area contributed by atoms with Crippen molar-refractivity contribution < 1.29 is 27.8 Å². The highest BCUT2D eigenvalue weighted by Gasteiger charge is 2.37. The quantitative estimate of drug-likeness (QED) is 0.735. The Bertz CT molecular complexity index is 803. The van der Waals surface area contributed by atoms with Gasteiger partial charge in [0.25, 0.3) is 0 Å². The lowest BCUT2D eigenvalue weighted by molar-refractivity contribution is -0.128. The van der Waals surface area contributed by atoms with Gasteiger partial charge in [0.05, 0.1) is 44.1 Å². The number of nitrogens with one attached hydrogen (secondary N) is 2. The van der Waals surface area contributed by atoms with Crippen LogP contribution in [0.15, 0.2) is 18.2 Å². The lowest BCUT2D eigenvalue weighted by Gasteiger charge is -2.40. The average Bonchev–Trinajstić information content (AvgIpc) is 3.05. The number of fused-ring (bicyclic) bond motifs is 1. The fourth-order valence-corrected chi connectivity index (χ4v) is 4.46. The predicted octanol–water partition coefficient (Wildman–Crippen LogP) is 1.05. The van der Waals surface area contributed by atoms with E-state index in [2.05, 4.69) is 20.3 Å². The van der Waals surface area contributed by atoms with E-state index >= 15 is 0 Å². The van der Waals surface area contributed by atoms with Crippen LogP contribution in [0.3, 0.4) is 0 Å². The van der Waals surface area contributed by atoms with Gasteiger partial charge in [-0.05, 0) is 25.5 Å². The molecule has 0 bridgehead atoms. The number of anilines is 1. The van der Waals surface area contributed by atoms with Crippen LogP contribution in [0, 0.1) is 0 Å². The molecule has 2 fully saturated rings. The van der Waals surface area contributed by atoms with Crippen molar-refractivity contribution in [3.05, 3.63) is 23.8 Å². The van der Waals surface area contributed by atoms with Gasteiger partial charge in [0.1, 0.15) is 5.75 Å². The topological polar surface area (TPSA) is 83.1 Å². The second-order valence-corrected chi connectivity index (χ2v) is 7.81. The highest BCUT2D eigenvalue weighted by atomic mass is 19.3. The molecule has 0 radical (unpaired) electrons. The lowest BCUT2D eigenvalue weighted by Crippen LogP contribution is -2.64. The molecule has 4 rings (SSSR count). The Hall–Kier alpha value is -2.30. The molecule has 0 saturated carbocycles. The molecule has 10 heteroatoms. The molecule has 3 heterocycles. The van der Waals surface area contributed by atoms with Gasteiger partial charge in [-0.25, -0.2) is 0 Å². The van der Waals surface area contributed by atoms with Crippen LogP contribution in [0.4, 0.5) is 14.5 Å². The first-order valence-electron chi connectivity index (χ1n) is 10.2. The van der Waals surface area contributed by atoms with E-state index in [0.717, 1.165) is 13.1 Å². The number of hydrogen-bond acceptors (Lipinski definition) is 6. The van der Waals surface area contributed by atoms with Gasteiger partial charge in [-0.2, -0.15) is 8.78 Å². The third-order valence-electron chi connectivity index (χ3n) is 5.77.